The maximum atomic E-state index is 13.7. The van der Waals surface area contributed by atoms with E-state index in [2.05, 4.69) is 15.6 Å². The van der Waals surface area contributed by atoms with Gasteiger partial charge in [-0.1, -0.05) is 0 Å². The fourth-order valence-electron chi connectivity index (χ4n) is 2.47. The van der Waals surface area contributed by atoms with Crippen LogP contribution >= 0.6 is 24.0 Å². The summed E-state index contributed by atoms with van der Waals surface area (Å²) in [4.78, 5) is 4.43. The molecule has 1 aromatic rings. The van der Waals surface area contributed by atoms with Gasteiger partial charge in [-0.25, -0.2) is 4.39 Å². The highest BCUT2D eigenvalue weighted by atomic mass is 127. The second-order valence-corrected chi connectivity index (χ2v) is 5.30. The molecule has 0 saturated carbocycles. The van der Waals surface area contributed by atoms with E-state index < -0.39 is 0 Å². The first kappa shape index (κ1) is 21.9. The third kappa shape index (κ3) is 7.33. The molecule has 1 aliphatic heterocycles. The molecule has 0 fully saturated rings. The summed E-state index contributed by atoms with van der Waals surface area (Å²) >= 11 is 0. The minimum atomic E-state index is -0.268. The second-order valence-electron chi connectivity index (χ2n) is 5.30. The molecular formula is C17H27FIN3O3. The summed E-state index contributed by atoms with van der Waals surface area (Å²) in [5.41, 5.74) is 1.60. The number of guanidine groups is 1. The Hall–Kier alpha value is -1.13. The SMILES string of the molecule is CCNC(=NCCOCC)NCCc1cc(F)cc2c1OCOC2.I. The van der Waals surface area contributed by atoms with Crippen molar-refractivity contribution in [2.45, 2.75) is 26.9 Å². The van der Waals surface area contributed by atoms with Gasteiger partial charge in [0.2, 0.25) is 0 Å². The number of nitrogens with one attached hydrogen (secondary N) is 2. The molecular weight excluding hydrogens is 440 g/mol. The Morgan fingerprint density at radius 2 is 2.16 bits per heavy atom. The van der Waals surface area contributed by atoms with E-state index in [1.807, 2.05) is 13.8 Å². The average Bonchev–Trinajstić information content (AvgIpc) is 2.58. The lowest BCUT2D eigenvalue weighted by molar-refractivity contribution is -0.0172. The smallest absolute Gasteiger partial charge is 0.191 e. The van der Waals surface area contributed by atoms with Crippen molar-refractivity contribution in [1.29, 1.82) is 0 Å². The van der Waals surface area contributed by atoms with Crippen LogP contribution in [0.2, 0.25) is 0 Å². The van der Waals surface area contributed by atoms with Gasteiger partial charge in [-0.3, -0.25) is 4.99 Å². The molecule has 25 heavy (non-hydrogen) atoms. The third-order valence-corrected chi connectivity index (χ3v) is 3.49. The fourth-order valence-corrected chi connectivity index (χ4v) is 2.47. The molecule has 0 aliphatic carbocycles. The van der Waals surface area contributed by atoms with Gasteiger partial charge in [0.1, 0.15) is 11.6 Å². The Morgan fingerprint density at radius 3 is 2.92 bits per heavy atom. The Morgan fingerprint density at radius 1 is 1.32 bits per heavy atom. The number of fused-ring (bicyclic) bond motifs is 1. The zero-order valence-electron chi connectivity index (χ0n) is 14.8. The van der Waals surface area contributed by atoms with E-state index in [1.165, 1.54) is 12.1 Å². The van der Waals surface area contributed by atoms with E-state index in [4.69, 9.17) is 14.2 Å². The van der Waals surface area contributed by atoms with Crippen LogP contribution in [0, 0.1) is 5.82 Å². The lowest BCUT2D eigenvalue weighted by Crippen LogP contribution is -2.38. The van der Waals surface area contributed by atoms with Gasteiger partial charge in [0.05, 0.1) is 19.8 Å². The predicted octanol–water partition coefficient (Wildman–Crippen LogP) is 2.44. The topological polar surface area (TPSA) is 64.1 Å². The zero-order valence-corrected chi connectivity index (χ0v) is 17.1. The summed E-state index contributed by atoms with van der Waals surface area (Å²) < 4.78 is 29.7. The van der Waals surface area contributed by atoms with Gasteiger partial charge in [0.15, 0.2) is 12.8 Å². The van der Waals surface area contributed by atoms with Crippen LogP contribution in [0.3, 0.4) is 0 Å². The van der Waals surface area contributed by atoms with Gasteiger partial charge in [-0.2, -0.15) is 0 Å². The standard InChI is InChI=1S/C17H26FN3O3.HI/c1-3-19-17(21-7-8-22-4-2)20-6-5-13-9-15(18)10-14-11-23-12-24-16(13)14;/h9-10H,3-8,11-12H2,1-2H3,(H2,19,20,21);1H. The van der Waals surface area contributed by atoms with E-state index in [0.29, 0.717) is 39.3 Å². The summed E-state index contributed by atoms with van der Waals surface area (Å²) in [7, 11) is 0. The number of benzene rings is 1. The molecule has 0 aromatic heterocycles. The number of nitrogens with zero attached hydrogens (tertiary/aromatic N) is 1. The Balaban J connectivity index is 0.00000312. The van der Waals surface area contributed by atoms with Crippen LogP contribution in [0.4, 0.5) is 4.39 Å². The molecule has 1 aliphatic rings. The van der Waals surface area contributed by atoms with Gasteiger partial charge in [-0.15, -0.1) is 24.0 Å². The second kappa shape index (κ2) is 12.3. The van der Waals surface area contributed by atoms with Crippen molar-refractivity contribution in [3.63, 3.8) is 0 Å². The number of aliphatic imine (C=N–C) groups is 1. The first-order valence-electron chi connectivity index (χ1n) is 8.36. The van der Waals surface area contributed by atoms with Crippen LogP contribution in [0.25, 0.3) is 0 Å². The third-order valence-electron chi connectivity index (χ3n) is 3.49. The molecule has 0 atom stereocenters. The quantitative estimate of drug-likeness (QED) is 0.266. The van der Waals surface area contributed by atoms with Gasteiger partial charge >= 0.3 is 0 Å². The summed E-state index contributed by atoms with van der Waals surface area (Å²) in [5, 5.41) is 6.42. The Bertz CT molecular complexity index is 558. The zero-order chi connectivity index (χ0) is 17.2. The van der Waals surface area contributed by atoms with Gasteiger partial charge in [0, 0.05) is 25.3 Å². The summed E-state index contributed by atoms with van der Waals surface area (Å²) in [5.74, 6) is 1.20. The van der Waals surface area contributed by atoms with Crippen molar-refractivity contribution in [3.05, 3.63) is 29.1 Å². The number of hydrogen-bond acceptors (Lipinski definition) is 4. The maximum Gasteiger partial charge on any atom is 0.191 e. The molecule has 2 N–H and O–H groups in total. The molecule has 0 radical (unpaired) electrons. The number of halogens is 2. The molecule has 0 bridgehead atoms. The average molecular weight is 467 g/mol. The molecule has 2 rings (SSSR count). The lowest BCUT2D eigenvalue weighted by Gasteiger charge is -2.21. The molecule has 0 saturated heterocycles. The van der Waals surface area contributed by atoms with Crippen LogP contribution in [0.1, 0.15) is 25.0 Å². The minimum absolute atomic E-state index is 0. The Kier molecular flexibility index (Phi) is 10.7. The molecule has 8 heteroatoms. The highest BCUT2D eigenvalue weighted by Crippen LogP contribution is 2.29. The van der Waals surface area contributed by atoms with Crippen LogP contribution in [0.5, 0.6) is 5.75 Å². The van der Waals surface area contributed by atoms with E-state index in [9.17, 15) is 4.39 Å². The molecule has 142 valence electrons. The predicted molar refractivity (Wildman–Crippen MR) is 106 cm³/mol. The van der Waals surface area contributed by atoms with Crippen LogP contribution in [-0.2, 0) is 22.5 Å². The van der Waals surface area contributed by atoms with Crippen molar-refractivity contribution < 1.29 is 18.6 Å². The molecule has 1 heterocycles. The first-order valence-corrected chi connectivity index (χ1v) is 8.36. The largest absolute Gasteiger partial charge is 0.467 e. The number of ether oxygens (including phenoxy) is 3. The number of hydrogen-bond donors (Lipinski definition) is 2. The fraction of sp³-hybridized carbons (Fsp3) is 0.588. The summed E-state index contributed by atoms with van der Waals surface area (Å²) in [6.45, 7) is 7.84. The van der Waals surface area contributed by atoms with Crippen LogP contribution < -0.4 is 15.4 Å². The normalized spacial score (nSPS) is 13.5. The Labute approximate surface area is 165 Å². The highest BCUT2D eigenvalue weighted by molar-refractivity contribution is 14.0. The van der Waals surface area contributed by atoms with E-state index >= 15 is 0 Å². The molecule has 1 aromatic carbocycles. The van der Waals surface area contributed by atoms with Crippen molar-refractivity contribution in [1.82, 2.24) is 10.6 Å². The maximum absolute atomic E-state index is 13.7. The highest BCUT2D eigenvalue weighted by Gasteiger charge is 2.16. The van der Waals surface area contributed by atoms with Crippen molar-refractivity contribution >= 4 is 29.9 Å². The van der Waals surface area contributed by atoms with E-state index in [0.717, 1.165) is 29.4 Å². The summed E-state index contributed by atoms with van der Waals surface area (Å²) in [6, 6.07) is 2.98. The molecule has 0 amide bonds. The van der Waals surface area contributed by atoms with Crippen molar-refractivity contribution in [2.24, 2.45) is 4.99 Å². The van der Waals surface area contributed by atoms with E-state index in [-0.39, 0.29) is 36.6 Å². The minimum Gasteiger partial charge on any atom is -0.467 e. The number of rotatable bonds is 8. The lowest BCUT2D eigenvalue weighted by atomic mass is 10.1. The monoisotopic (exact) mass is 467 g/mol. The molecule has 0 spiro atoms. The van der Waals surface area contributed by atoms with Gasteiger partial charge in [-0.05, 0) is 38.0 Å². The summed E-state index contributed by atoms with van der Waals surface area (Å²) in [6.07, 6.45) is 0.635. The van der Waals surface area contributed by atoms with Crippen LogP contribution in [-0.4, -0.2) is 45.6 Å². The molecule has 6 nitrogen and oxygen atoms in total. The first-order chi connectivity index (χ1) is 11.7. The molecule has 0 unspecified atom stereocenters. The van der Waals surface area contributed by atoms with Gasteiger partial charge < -0.3 is 24.8 Å². The van der Waals surface area contributed by atoms with E-state index in [1.54, 1.807) is 0 Å². The van der Waals surface area contributed by atoms with Crippen molar-refractivity contribution in [2.75, 3.05) is 39.6 Å². The van der Waals surface area contributed by atoms with Crippen molar-refractivity contribution in [3.8, 4) is 5.75 Å². The van der Waals surface area contributed by atoms with Gasteiger partial charge in [0.25, 0.3) is 0 Å². The van der Waals surface area contributed by atoms with Crippen LogP contribution in [0.15, 0.2) is 17.1 Å².